The Morgan fingerprint density at radius 2 is 1.89 bits per heavy atom. The topological polar surface area (TPSA) is 29.5 Å². The zero-order valence-corrected chi connectivity index (χ0v) is 11.0. The second-order valence-electron chi connectivity index (χ2n) is 5.07. The molecule has 2 heteroatoms. The second kappa shape index (κ2) is 5.06. The number of hydrogen-bond acceptors (Lipinski definition) is 2. The summed E-state index contributed by atoms with van der Waals surface area (Å²) in [5.74, 6) is 1.06. The van der Waals surface area contributed by atoms with Gasteiger partial charge in [-0.3, -0.25) is 0 Å². The van der Waals surface area contributed by atoms with Crippen LogP contribution >= 0.6 is 0 Å². The first-order valence-electron chi connectivity index (χ1n) is 6.69. The van der Waals surface area contributed by atoms with E-state index in [2.05, 4.69) is 12.1 Å². The average Bonchev–Trinajstić information content (AvgIpc) is 2.48. The second-order valence-corrected chi connectivity index (χ2v) is 5.07. The van der Waals surface area contributed by atoms with Crippen molar-refractivity contribution in [2.24, 2.45) is 0 Å². The Labute approximate surface area is 113 Å². The van der Waals surface area contributed by atoms with E-state index in [4.69, 9.17) is 4.74 Å². The predicted octanol–water partition coefficient (Wildman–Crippen LogP) is 3.46. The lowest BCUT2D eigenvalue weighted by Gasteiger charge is -2.30. The number of fused-ring (bicyclic) bond motifs is 1. The highest BCUT2D eigenvalue weighted by Crippen LogP contribution is 2.41. The molecular formula is C17H18O2. The molecule has 1 aliphatic carbocycles. The van der Waals surface area contributed by atoms with Gasteiger partial charge in [0.1, 0.15) is 5.75 Å². The summed E-state index contributed by atoms with van der Waals surface area (Å²) in [5.41, 5.74) is 3.47. The van der Waals surface area contributed by atoms with Crippen molar-refractivity contribution >= 4 is 0 Å². The van der Waals surface area contributed by atoms with E-state index in [0.717, 1.165) is 24.2 Å². The summed E-state index contributed by atoms with van der Waals surface area (Å²) in [6.45, 7) is 0. The number of benzene rings is 2. The van der Waals surface area contributed by atoms with Gasteiger partial charge < -0.3 is 9.84 Å². The van der Waals surface area contributed by atoms with Gasteiger partial charge in [-0.25, -0.2) is 0 Å². The summed E-state index contributed by atoms with van der Waals surface area (Å²) in [7, 11) is 1.67. The average molecular weight is 254 g/mol. The summed E-state index contributed by atoms with van der Waals surface area (Å²) in [5, 5.41) is 10.6. The molecule has 98 valence electrons. The van der Waals surface area contributed by atoms with Gasteiger partial charge in [-0.05, 0) is 41.7 Å². The van der Waals surface area contributed by atoms with Gasteiger partial charge in [-0.15, -0.1) is 0 Å². The fourth-order valence-electron chi connectivity index (χ4n) is 2.95. The van der Waals surface area contributed by atoms with Gasteiger partial charge in [-0.1, -0.05) is 36.4 Å². The van der Waals surface area contributed by atoms with Gasteiger partial charge in [0.15, 0.2) is 0 Å². The van der Waals surface area contributed by atoms with E-state index in [0.29, 0.717) is 0 Å². The zero-order valence-electron chi connectivity index (χ0n) is 11.0. The fourth-order valence-corrected chi connectivity index (χ4v) is 2.95. The summed E-state index contributed by atoms with van der Waals surface area (Å²) < 4.78 is 5.25. The molecule has 19 heavy (non-hydrogen) atoms. The first-order valence-corrected chi connectivity index (χ1v) is 6.69. The van der Waals surface area contributed by atoms with Crippen molar-refractivity contribution in [3.63, 3.8) is 0 Å². The lowest BCUT2D eigenvalue weighted by Crippen LogP contribution is -2.19. The maximum atomic E-state index is 10.6. The molecule has 0 unspecified atom stereocenters. The summed E-state index contributed by atoms with van der Waals surface area (Å²) in [6, 6.07) is 16.2. The molecule has 0 radical (unpaired) electrons. The molecule has 0 spiro atoms. The van der Waals surface area contributed by atoms with E-state index < -0.39 is 6.10 Å². The van der Waals surface area contributed by atoms with Crippen molar-refractivity contribution < 1.29 is 9.84 Å². The minimum atomic E-state index is -0.419. The Balaban J connectivity index is 1.94. The van der Waals surface area contributed by atoms with Crippen LogP contribution in [0.15, 0.2) is 48.5 Å². The molecule has 0 aromatic heterocycles. The lowest BCUT2D eigenvalue weighted by molar-refractivity contribution is 0.131. The Kier molecular flexibility index (Phi) is 3.26. The molecule has 3 rings (SSSR count). The Morgan fingerprint density at radius 1 is 1.11 bits per heavy atom. The summed E-state index contributed by atoms with van der Waals surface area (Å²) in [4.78, 5) is 0. The highest BCUT2D eigenvalue weighted by Gasteiger charge is 2.29. The molecule has 0 saturated carbocycles. The Hall–Kier alpha value is -1.80. The van der Waals surface area contributed by atoms with Gasteiger partial charge in [-0.2, -0.15) is 0 Å². The summed E-state index contributed by atoms with van der Waals surface area (Å²) >= 11 is 0. The van der Waals surface area contributed by atoms with E-state index in [9.17, 15) is 5.11 Å². The van der Waals surface area contributed by atoms with Gasteiger partial charge in [0.05, 0.1) is 13.2 Å². The number of aryl methyl sites for hydroxylation is 1. The van der Waals surface area contributed by atoms with Crippen LogP contribution in [0.25, 0.3) is 0 Å². The lowest BCUT2D eigenvalue weighted by atomic mass is 9.78. The van der Waals surface area contributed by atoms with E-state index in [1.54, 1.807) is 7.11 Å². The molecule has 0 aliphatic heterocycles. The van der Waals surface area contributed by atoms with Crippen LogP contribution in [0.4, 0.5) is 0 Å². The smallest absolute Gasteiger partial charge is 0.119 e. The van der Waals surface area contributed by atoms with Crippen LogP contribution in [0, 0.1) is 0 Å². The summed E-state index contributed by atoms with van der Waals surface area (Å²) in [6.07, 6.45) is 1.55. The third kappa shape index (κ3) is 2.24. The van der Waals surface area contributed by atoms with Crippen LogP contribution in [0.5, 0.6) is 5.75 Å². The molecule has 1 N–H and O–H groups in total. The van der Waals surface area contributed by atoms with Crippen LogP contribution in [-0.4, -0.2) is 12.2 Å². The molecule has 2 nitrogen and oxygen atoms in total. The SMILES string of the molecule is COc1ccc2c(c1)CC[C@H](c1ccccc1)[C@@H]2O. The van der Waals surface area contributed by atoms with Crippen molar-refractivity contribution in [2.75, 3.05) is 7.11 Å². The van der Waals surface area contributed by atoms with E-state index in [-0.39, 0.29) is 5.92 Å². The molecule has 0 bridgehead atoms. The van der Waals surface area contributed by atoms with Crippen LogP contribution < -0.4 is 4.74 Å². The highest BCUT2D eigenvalue weighted by molar-refractivity contribution is 5.41. The monoisotopic (exact) mass is 254 g/mol. The predicted molar refractivity (Wildman–Crippen MR) is 75.5 cm³/mol. The van der Waals surface area contributed by atoms with Crippen molar-refractivity contribution in [1.82, 2.24) is 0 Å². The quantitative estimate of drug-likeness (QED) is 0.889. The van der Waals surface area contributed by atoms with Gasteiger partial charge in [0.2, 0.25) is 0 Å². The largest absolute Gasteiger partial charge is 0.497 e. The number of methoxy groups -OCH3 is 1. The fraction of sp³-hybridized carbons (Fsp3) is 0.294. The zero-order chi connectivity index (χ0) is 13.2. The van der Waals surface area contributed by atoms with E-state index in [1.807, 2.05) is 36.4 Å². The van der Waals surface area contributed by atoms with E-state index in [1.165, 1.54) is 11.1 Å². The Bertz CT molecular complexity index is 563. The Morgan fingerprint density at radius 3 is 2.63 bits per heavy atom. The maximum Gasteiger partial charge on any atom is 0.119 e. The molecular weight excluding hydrogens is 236 g/mol. The van der Waals surface area contributed by atoms with E-state index >= 15 is 0 Å². The molecule has 0 saturated heterocycles. The van der Waals surface area contributed by atoms with Gasteiger partial charge >= 0.3 is 0 Å². The van der Waals surface area contributed by atoms with Crippen LogP contribution in [0.3, 0.4) is 0 Å². The standard InChI is InChI=1S/C17H18O2/c1-19-14-8-10-16-13(11-14)7-9-15(17(16)18)12-5-3-2-4-6-12/h2-6,8,10-11,15,17-18H,7,9H2,1H3/t15-,17+/m1/s1. The third-order valence-electron chi connectivity index (χ3n) is 4.00. The molecule has 2 aromatic rings. The minimum absolute atomic E-state index is 0.196. The highest BCUT2D eigenvalue weighted by atomic mass is 16.5. The molecule has 2 atom stereocenters. The van der Waals surface area contributed by atoms with Crippen molar-refractivity contribution in [3.05, 3.63) is 65.2 Å². The van der Waals surface area contributed by atoms with Crippen LogP contribution in [0.2, 0.25) is 0 Å². The molecule has 2 aromatic carbocycles. The maximum absolute atomic E-state index is 10.6. The minimum Gasteiger partial charge on any atom is -0.497 e. The molecule has 0 amide bonds. The van der Waals surface area contributed by atoms with Crippen molar-refractivity contribution in [2.45, 2.75) is 24.9 Å². The van der Waals surface area contributed by atoms with Crippen molar-refractivity contribution in [3.8, 4) is 5.75 Å². The third-order valence-corrected chi connectivity index (χ3v) is 4.00. The van der Waals surface area contributed by atoms with Crippen molar-refractivity contribution in [1.29, 1.82) is 0 Å². The first kappa shape index (κ1) is 12.2. The van der Waals surface area contributed by atoms with Crippen LogP contribution in [0.1, 0.15) is 35.1 Å². The molecule has 0 heterocycles. The first-order chi connectivity index (χ1) is 9.29. The number of aliphatic hydroxyl groups excluding tert-OH is 1. The number of ether oxygens (including phenoxy) is 1. The normalized spacial score (nSPS) is 21.8. The van der Waals surface area contributed by atoms with Gasteiger partial charge in [0, 0.05) is 5.92 Å². The number of rotatable bonds is 2. The molecule has 1 aliphatic rings. The van der Waals surface area contributed by atoms with Gasteiger partial charge in [0.25, 0.3) is 0 Å². The molecule has 0 fully saturated rings. The number of aliphatic hydroxyl groups is 1. The number of hydrogen-bond donors (Lipinski definition) is 1. The van der Waals surface area contributed by atoms with Crippen LogP contribution in [-0.2, 0) is 6.42 Å².